The molecule has 0 saturated carbocycles. The van der Waals surface area contributed by atoms with Crippen LogP contribution in [0.3, 0.4) is 0 Å². The van der Waals surface area contributed by atoms with Gasteiger partial charge in [-0.3, -0.25) is 73.2 Å². The molecule has 116 heavy (non-hydrogen) atoms. The maximum atomic E-state index is 12.7. The zero-order chi connectivity index (χ0) is 86.5. The average Bonchev–Trinajstić information content (AvgIpc) is 0.810. The number of carbonyl (C=O) groups is 8. The molecule has 0 aliphatic carbocycles. The minimum absolute atomic E-state index is 0.0542. The third-order valence-electron chi connectivity index (χ3n) is 16.9. The van der Waals surface area contributed by atoms with Gasteiger partial charge < -0.3 is 68.0 Å². The van der Waals surface area contributed by atoms with Gasteiger partial charge in [0.15, 0.2) is 0 Å². The lowest BCUT2D eigenvalue weighted by atomic mass is 10.1. The van der Waals surface area contributed by atoms with E-state index in [1.54, 1.807) is 110 Å². The Kier molecular flexibility index (Phi) is 29.4. The second-order valence-electron chi connectivity index (χ2n) is 25.9. The summed E-state index contributed by atoms with van der Waals surface area (Å²) in [6, 6.07) is 50.9. The summed E-state index contributed by atoms with van der Waals surface area (Å²) in [6.07, 6.45) is 17.2. The van der Waals surface area contributed by atoms with Gasteiger partial charge in [-0.2, -0.15) is 0 Å². The van der Waals surface area contributed by atoms with Crippen LogP contribution in [0.15, 0.2) is 256 Å². The first kappa shape index (κ1) is 79.2. The number of hydrogen-bond donors (Lipinski definition) is 8. The molecule has 0 unspecified atom stereocenters. The maximum absolute atomic E-state index is 12.7. The van der Waals surface area contributed by atoms with Crippen LogP contribution >= 0.6 is 0 Å². The molecule has 0 atom stereocenters. The van der Waals surface area contributed by atoms with Crippen LogP contribution in [0.5, 0.6) is 23.0 Å². The normalized spacial score (nSPS) is 11.2. The molecule has 0 saturated heterocycles. The number of amides is 8. The van der Waals surface area contributed by atoms with Crippen LogP contribution in [0.25, 0.3) is 0 Å². The average molecular weight is 1570 g/mol. The van der Waals surface area contributed by atoms with Crippen LogP contribution in [0.4, 0.5) is 22.7 Å². The van der Waals surface area contributed by atoms with Crippen molar-refractivity contribution < 1.29 is 62.8 Å². The molecule has 6 aromatic carbocycles. The first-order chi connectivity index (χ1) is 57.4. The highest BCUT2D eigenvalue weighted by Crippen LogP contribution is 2.25. The van der Waals surface area contributed by atoms with E-state index in [4.69, 9.17) is 47.4 Å². The van der Waals surface area contributed by atoms with Crippen LogP contribution in [0, 0.1) is 13.8 Å². The number of nitrogens with one attached hydrogen (secondary N) is 4. The summed E-state index contributed by atoms with van der Waals surface area (Å²) < 4.78 is 55.5. The number of hydrogen-bond acceptors (Lipinski definition) is 20. The Morgan fingerprint density at radius 2 is 0.698 bits per heavy atom. The molecule has 12 N–H and O–H groups in total. The Hall–Kier alpha value is -14.9. The molecule has 0 aliphatic heterocycles. The van der Waals surface area contributed by atoms with E-state index in [0.29, 0.717) is 56.5 Å². The van der Waals surface area contributed by atoms with Crippen LogP contribution in [0.2, 0.25) is 0 Å². The van der Waals surface area contributed by atoms with Gasteiger partial charge >= 0.3 is 0 Å². The van der Waals surface area contributed by atoms with E-state index in [1.807, 2.05) is 93.5 Å². The van der Waals surface area contributed by atoms with Crippen molar-refractivity contribution in [3.8, 4) is 23.0 Å². The molecular formula is C88H88N16O12. The molecule has 6 heterocycles. The second-order valence-corrected chi connectivity index (χ2v) is 25.9. The molecule has 28 nitrogen and oxygen atoms in total. The molecular weight excluding hydrogens is 1470 g/mol. The number of aromatic nitrogens is 6. The molecule has 0 fully saturated rings. The lowest BCUT2D eigenvalue weighted by molar-refractivity contribution is 0.0991. The lowest BCUT2D eigenvalue weighted by Gasteiger charge is -2.18. The van der Waals surface area contributed by atoms with Crippen molar-refractivity contribution in [2.75, 3.05) is 48.5 Å². The van der Waals surface area contributed by atoms with Gasteiger partial charge in [-0.25, -0.2) is 0 Å². The highest BCUT2D eigenvalue weighted by Gasteiger charge is 2.16. The lowest BCUT2D eigenvalue weighted by Crippen LogP contribution is -2.22. The third kappa shape index (κ3) is 27.2. The van der Waals surface area contributed by atoms with Gasteiger partial charge in [-0.1, -0.05) is 74.5 Å². The second kappa shape index (κ2) is 43.1. The number of carbonyl (C=O) groups excluding carboxylic acids is 8. The Labute approximate surface area is 676 Å². The van der Waals surface area contributed by atoms with Gasteiger partial charge in [0, 0.05) is 102 Å². The SMILES string of the molecule is Cc1ccc(NC(=O)c2cccnc2)cc1COc1cncc(C(N)=O)c1.Cc1ccc(NC(=O)c2ccncc2)cc1COc1cncc(C(N)=O)c1.[2H]C([2H])(Oc1cncc(C(N)=O)c1)c1cccc(NC(=O)c2ccc(CN(C)C)cc2)c1.[2H]C([2H])(Oc1cncc(C(N)=O)c1)c1cccc(NC(=O)c2ccc(CN(CC)CC)cc2)c1. The molecule has 0 aliphatic rings. The number of nitrogens with two attached hydrogens (primary N) is 4. The standard InChI is InChI=1S/C25H28N4O3.C23H24N4O3.2C20H18N4O3/c1-3-29(4-2)16-18-8-10-20(11-9-18)25(31)28-22-7-5-6-19(12-22)17-32-23-13-21(24(26)30)14-27-15-23;1-27(2)14-16-6-8-18(9-7-16)23(29)26-20-5-3-4-17(10-20)15-30-21-11-19(22(24)28)12-25-13-21;1-13-2-3-17(24-20(26)14-4-6-22-7-5-14)8-16(13)12-27-18-9-15(19(21)25)10-23-11-18;1-13-4-5-17(24-20(26)14-3-2-6-22-9-14)7-16(13)12-27-18-8-15(19(21)25)10-23-11-18/h5-15H,3-4,16-17H2,1-2H3,(H2,26,30)(H,28,31);3-13H,14-15H2,1-2H3,(H2,24,28)(H,26,29);2*2-11H,12H2,1H3,(H2,21,25)(H,24,26)/i17D2;15D2;;. The number of anilines is 4. The zero-order valence-electron chi connectivity index (χ0n) is 68.3. The van der Waals surface area contributed by atoms with Crippen LogP contribution in [-0.2, 0) is 39.4 Å². The molecule has 0 spiro atoms. The van der Waals surface area contributed by atoms with E-state index in [9.17, 15) is 38.4 Å². The first-order valence-electron chi connectivity index (χ1n) is 38.0. The number of primary amides is 4. The van der Waals surface area contributed by atoms with Crippen molar-refractivity contribution in [1.29, 1.82) is 0 Å². The Morgan fingerprint density at radius 1 is 0.345 bits per heavy atom. The summed E-state index contributed by atoms with van der Waals surface area (Å²) in [5.41, 5.74) is 32.3. The zero-order valence-corrected chi connectivity index (χ0v) is 64.3. The summed E-state index contributed by atoms with van der Waals surface area (Å²) >= 11 is 0. The monoisotopic (exact) mass is 1560 g/mol. The maximum Gasteiger partial charge on any atom is 0.257 e. The van der Waals surface area contributed by atoms with Crippen LogP contribution < -0.4 is 63.1 Å². The molecule has 8 amide bonds. The Balaban J connectivity index is 0.000000183. The number of ether oxygens (including phenoxy) is 4. The van der Waals surface area contributed by atoms with Gasteiger partial charge in [0.1, 0.15) is 49.3 Å². The summed E-state index contributed by atoms with van der Waals surface area (Å²) in [6.45, 7) is 7.66. The minimum Gasteiger partial charge on any atom is -0.487 e. The highest BCUT2D eigenvalue weighted by atomic mass is 16.5. The summed E-state index contributed by atoms with van der Waals surface area (Å²) in [4.78, 5) is 123. The van der Waals surface area contributed by atoms with Gasteiger partial charge in [0.25, 0.3) is 23.6 Å². The van der Waals surface area contributed by atoms with Gasteiger partial charge in [0.2, 0.25) is 23.6 Å². The fourth-order valence-electron chi connectivity index (χ4n) is 10.6. The van der Waals surface area contributed by atoms with E-state index in [-0.39, 0.29) is 81.7 Å². The summed E-state index contributed by atoms with van der Waals surface area (Å²) in [5.74, 6) is -2.58. The number of nitrogens with zero attached hydrogens (tertiary/aromatic N) is 8. The van der Waals surface area contributed by atoms with Crippen LogP contribution in [-0.4, -0.2) is 114 Å². The van der Waals surface area contributed by atoms with Crippen LogP contribution in [0.1, 0.15) is 147 Å². The molecule has 592 valence electrons. The molecule has 6 aromatic heterocycles. The van der Waals surface area contributed by atoms with Crippen molar-refractivity contribution in [1.82, 2.24) is 39.7 Å². The number of rotatable bonds is 30. The van der Waals surface area contributed by atoms with Crippen molar-refractivity contribution in [3.63, 3.8) is 0 Å². The molecule has 0 radical (unpaired) electrons. The Bertz CT molecular complexity index is 5420. The van der Waals surface area contributed by atoms with E-state index in [0.717, 1.165) is 59.6 Å². The van der Waals surface area contributed by atoms with Gasteiger partial charge in [-0.15, -0.1) is 0 Å². The van der Waals surface area contributed by atoms with E-state index >= 15 is 0 Å². The number of benzene rings is 6. The summed E-state index contributed by atoms with van der Waals surface area (Å²) in [5, 5.41) is 11.3. The topological polar surface area (TPSA) is 409 Å². The molecule has 28 heteroatoms. The fourth-order valence-corrected chi connectivity index (χ4v) is 10.6. The van der Waals surface area contributed by atoms with Crippen molar-refractivity contribution in [2.24, 2.45) is 22.9 Å². The number of aryl methyl sites for hydroxylation is 2. The number of pyridine rings is 6. The Morgan fingerprint density at radius 3 is 1.06 bits per heavy atom. The van der Waals surface area contributed by atoms with E-state index in [2.05, 4.69) is 69.9 Å². The van der Waals surface area contributed by atoms with Gasteiger partial charge in [-0.05, 0) is 207 Å². The fraction of sp³-hybridized carbons (Fsp3) is 0.159. The first-order valence-corrected chi connectivity index (χ1v) is 36.0. The molecule has 12 rings (SSSR count). The van der Waals surface area contributed by atoms with E-state index in [1.165, 1.54) is 86.1 Å². The van der Waals surface area contributed by atoms with Crippen molar-refractivity contribution in [2.45, 2.75) is 67.1 Å². The summed E-state index contributed by atoms with van der Waals surface area (Å²) in [7, 11) is 3.95. The minimum atomic E-state index is -2.25. The quantitative estimate of drug-likeness (QED) is 0.0207. The molecule has 0 bridgehead atoms. The predicted octanol–water partition coefficient (Wildman–Crippen LogP) is 12.4. The molecule has 12 aromatic rings. The van der Waals surface area contributed by atoms with Crippen molar-refractivity contribution >= 4 is 70.0 Å². The van der Waals surface area contributed by atoms with E-state index < -0.39 is 36.7 Å². The smallest absolute Gasteiger partial charge is 0.257 e. The van der Waals surface area contributed by atoms with Gasteiger partial charge in [0.05, 0.1) is 58.1 Å². The predicted molar refractivity (Wildman–Crippen MR) is 441 cm³/mol. The van der Waals surface area contributed by atoms with Crippen molar-refractivity contribution in [3.05, 3.63) is 345 Å². The highest BCUT2D eigenvalue weighted by molar-refractivity contribution is 6.06. The third-order valence-corrected chi connectivity index (χ3v) is 16.9. The largest absolute Gasteiger partial charge is 0.487 e.